The normalized spacial score (nSPS) is 17.1. The summed E-state index contributed by atoms with van der Waals surface area (Å²) in [6.07, 6.45) is 1.10. The maximum absolute atomic E-state index is 13.1. The zero-order valence-corrected chi connectivity index (χ0v) is 14.7. The number of aromatic nitrogens is 1. The second-order valence-electron chi connectivity index (χ2n) is 5.70. The van der Waals surface area contributed by atoms with E-state index < -0.39 is 10.0 Å². The van der Waals surface area contributed by atoms with E-state index in [-0.39, 0.29) is 17.5 Å². The van der Waals surface area contributed by atoms with Gasteiger partial charge in [-0.2, -0.15) is 0 Å². The van der Waals surface area contributed by atoms with Gasteiger partial charge < -0.3 is 9.47 Å². The molecule has 1 aromatic heterocycles. The summed E-state index contributed by atoms with van der Waals surface area (Å²) < 4.78 is 38.5. The summed E-state index contributed by atoms with van der Waals surface area (Å²) >= 11 is 0. The minimum atomic E-state index is -3.72. The van der Waals surface area contributed by atoms with Crippen molar-refractivity contribution < 1.29 is 17.9 Å². The van der Waals surface area contributed by atoms with Crippen LogP contribution in [0.3, 0.4) is 0 Å². The lowest BCUT2D eigenvalue weighted by molar-refractivity contribution is 0.219. The van der Waals surface area contributed by atoms with Gasteiger partial charge in [-0.1, -0.05) is 6.07 Å². The van der Waals surface area contributed by atoms with Crippen LogP contribution in [0.15, 0.2) is 41.4 Å². The van der Waals surface area contributed by atoms with Gasteiger partial charge in [0.05, 0.1) is 25.0 Å². The van der Waals surface area contributed by atoms with Crippen LogP contribution < -0.4 is 13.8 Å². The van der Waals surface area contributed by atoms with Gasteiger partial charge in [0.1, 0.15) is 16.7 Å². The number of nitrogens with zero attached hydrogens (tertiary/aromatic N) is 2. The van der Waals surface area contributed by atoms with Gasteiger partial charge in [-0.25, -0.2) is 13.4 Å². The van der Waals surface area contributed by atoms with Crippen LogP contribution in [-0.2, 0) is 10.0 Å². The number of aryl methyl sites for hydroxylation is 1. The minimum absolute atomic E-state index is 0.132. The van der Waals surface area contributed by atoms with Crippen LogP contribution in [0.1, 0.15) is 19.4 Å². The van der Waals surface area contributed by atoms with E-state index in [0.29, 0.717) is 23.9 Å². The first-order valence-electron chi connectivity index (χ1n) is 7.80. The fourth-order valence-corrected chi connectivity index (χ4v) is 4.10. The quantitative estimate of drug-likeness (QED) is 0.850. The van der Waals surface area contributed by atoms with Crippen molar-refractivity contribution in [3.05, 3.63) is 42.1 Å². The number of rotatable bonds is 4. The standard InChI is InChI=1S/C17H20N2O4S/c1-4-22-17-8-6-14(10-18-17)24(20,21)19-11-13(3)23-16-7-5-12(2)9-15(16)19/h5-10,13H,4,11H2,1-3H3. The Hall–Kier alpha value is -2.28. The molecule has 3 rings (SSSR count). The average molecular weight is 348 g/mol. The molecule has 1 atom stereocenters. The Labute approximate surface area is 142 Å². The van der Waals surface area contributed by atoms with Crippen molar-refractivity contribution in [1.29, 1.82) is 0 Å². The van der Waals surface area contributed by atoms with Crippen LogP contribution in [0.2, 0.25) is 0 Å². The molecule has 128 valence electrons. The molecule has 2 heterocycles. The molecular weight excluding hydrogens is 328 g/mol. The second-order valence-corrected chi connectivity index (χ2v) is 7.56. The number of ether oxygens (including phenoxy) is 2. The molecule has 7 heteroatoms. The first-order chi connectivity index (χ1) is 11.4. The van der Waals surface area contributed by atoms with E-state index in [2.05, 4.69) is 4.98 Å². The molecule has 0 fully saturated rings. The lowest BCUT2D eigenvalue weighted by atomic mass is 10.2. The minimum Gasteiger partial charge on any atom is -0.487 e. The first kappa shape index (κ1) is 16.6. The number of pyridine rings is 1. The van der Waals surface area contributed by atoms with Gasteiger partial charge in [0, 0.05) is 6.07 Å². The Kier molecular flexibility index (Phi) is 4.36. The fourth-order valence-electron chi connectivity index (χ4n) is 2.62. The maximum atomic E-state index is 13.1. The number of anilines is 1. The van der Waals surface area contributed by atoms with E-state index in [1.807, 2.05) is 32.9 Å². The number of hydrogen-bond donors (Lipinski definition) is 0. The van der Waals surface area contributed by atoms with Crippen molar-refractivity contribution >= 4 is 15.7 Å². The van der Waals surface area contributed by atoms with E-state index in [1.54, 1.807) is 12.1 Å². The van der Waals surface area contributed by atoms with Gasteiger partial charge in [-0.15, -0.1) is 0 Å². The summed E-state index contributed by atoms with van der Waals surface area (Å²) in [6, 6.07) is 8.61. The SMILES string of the molecule is CCOc1ccc(S(=O)(=O)N2CC(C)Oc3ccc(C)cc32)cn1. The summed E-state index contributed by atoms with van der Waals surface area (Å²) in [4.78, 5) is 4.19. The van der Waals surface area contributed by atoms with Gasteiger partial charge in [0.2, 0.25) is 5.88 Å². The molecule has 0 saturated carbocycles. The molecule has 2 aromatic rings. The molecule has 0 radical (unpaired) electrons. The van der Waals surface area contributed by atoms with Crippen molar-refractivity contribution in [3.63, 3.8) is 0 Å². The summed E-state index contributed by atoms with van der Waals surface area (Å²) in [7, 11) is -3.72. The van der Waals surface area contributed by atoms with Crippen LogP contribution in [0.5, 0.6) is 11.6 Å². The summed E-state index contributed by atoms with van der Waals surface area (Å²) in [5.41, 5.74) is 1.53. The highest BCUT2D eigenvalue weighted by atomic mass is 32.2. The molecular formula is C17H20N2O4S. The third-order valence-electron chi connectivity index (χ3n) is 3.72. The highest BCUT2D eigenvalue weighted by Gasteiger charge is 2.33. The predicted octanol–water partition coefficient (Wildman–Crippen LogP) is 2.76. The molecule has 24 heavy (non-hydrogen) atoms. The van der Waals surface area contributed by atoms with Crippen LogP contribution in [0, 0.1) is 6.92 Å². The van der Waals surface area contributed by atoms with Crippen molar-refractivity contribution in [3.8, 4) is 11.6 Å². The Morgan fingerprint density at radius 3 is 2.79 bits per heavy atom. The van der Waals surface area contributed by atoms with Crippen molar-refractivity contribution in [2.75, 3.05) is 17.5 Å². The van der Waals surface area contributed by atoms with Crippen LogP contribution in [0.4, 0.5) is 5.69 Å². The van der Waals surface area contributed by atoms with Crippen molar-refractivity contribution in [2.24, 2.45) is 0 Å². The number of sulfonamides is 1. The molecule has 1 unspecified atom stereocenters. The van der Waals surface area contributed by atoms with Crippen molar-refractivity contribution in [1.82, 2.24) is 4.98 Å². The zero-order valence-electron chi connectivity index (χ0n) is 13.9. The summed E-state index contributed by atoms with van der Waals surface area (Å²) in [5, 5.41) is 0. The number of benzene rings is 1. The van der Waals surface area contributed by atoms with E-state index in [4.69, 9.17) is 9.47 Å². The zero-order chi connectivity index (χ0) is 17.3. The lowest BCUT2D eigenvalue weighted by Crippen LogP contribution is -2.42. The Morgan fingerprint density at radius 1 is 1.33 bits per heavy atom. The van der Waals surface area contributed by atoms with Crippen LogP contribution in [0.25, 0.3) is 0 Å². The third-order valence-corrected chi connectivity index (χ3v) is 5.49. The molecule has 6 nitrogen and oxygen atoms in total. The first-order valence-corrected chi connectivity index (χ1v) is 9.24. The van der Waals surface area contributed by atoms with Crippen LogP contribution in [-0.4, -0.2) is 32.7 Å². The molecule has 1 aliphatic heterocycles. The summed E-state index contributed by atoms with van der Waals surface area (Å²) in [6.45, 7) is 6.35. The molecule has 1 aromatic carbocycles. The van der Waals surface area contributed by atoms with E-state index >= 15 is 0 Å². The van der Waals surface area contributed by atoms with Gasteiger partial charge in [0.25, 0.3) is 10.0 Å². The Morgan fingerprint density at radius 2 is 2.12 bits per heavy atom. The second kappa shape index (κ2) is 6.32. The summed E-state index contributed by atoms with van der Waals surface area (Å²) in [5.74, 6) is 0.977. The Balaban J connectivity index is 2.02. The highest BCUT2D eigenvalue weighted by molar-refractivity contribution is 7.92. The highest BCUT2D eigenvalue weighted by Crippen LogP contribution is 2.37. The van der Waals surface area contributed by atoms with Crippen molar-refractivity contribution in [2.45, 2.75) is 31.8 Å². The average Bonchev–Trinajstić information content (AvgIpc) is 2.55. The third kappa shape index (κ3) is 3.03. The maximum Gasteiger partial charge on any atom is 0.266 e. The molecule has 0 spiro atoms. The van der Waals surface area contributed by atoms with E-state index in [9.17, 15) is 8.42 Å². The van der Waals surface area contributed by atoms with Crippen LogP contribution >= 0.6 is 0 Å². The van der Waals surface area contributed by atoms with E-state index in [0.717, 1.165) is 5.56 Å². The molecule has 0 N–H and O–H groups in total. The van der Waals surface area contributed by atoms with Gasteiger partial charge in [-0.05, 0) is 44.5 Å². The fraction of sp³-hybridized carbons (Fsp3) is 0.353. The van der Waals surface area contributed by atoms with E-state index in [1.165, 1.54) is 16.6 Å². The lowest BCUT2D eigenvalue weighted by Gasteiger charge is -2.34. The molecule has 0 amide bonds. The Bertz CT molecular complexity index is 834. The number of hydrogen-bond acceptors (Lipinski definition) is 5. The topological polar surface area (TPSA) is 68.7 Å². The van der Waals surface area contributed by atoms with Gasteiger partial charge >= 0.3 is 0 Å². The number of fused-ring (bicyclic) bond motifs is 1. The largest absolute Gasteiger partial charge is 0.487 e. The smallest absolute Gasteiger partial charge is 0.266 e. The van der Waals surface area contributed by atoms with Gasteiger partial charge in [0.15, 0.2) is 0 Å². The van der Waals surface area contributed by atoms with Gasteiger partial charge in [-0.3, -0.25) is 4.31 Å². The monoisotopic (exact) mass is 348 g/mol. The molecule has 0 saturated heterocycles. The molecule has 1 aliphatic rings. The molecule has 0 aliphatic carbocycles. The molecule has 0 bridgehead atoms. The predicted molar refractivity (Wildman–Crippen MR) is 91.2 cm³/mol.